The molecule has 1 heterocycles. The van der Waals surface area contributed by atoms with Crippen molar-refractivity contribution in [2.24, 2.45) is 0 Å². The molecule has 0 radical (unpaired) electrons. The van der Waals surface area contributed by atoms with Gasteiger partial charge in [-0.15, -0.1) is 0 Å². The van der Waals surface area contributed by atoms with Crippen LogP contribution in [0.5, 0.6) is 0 Å². The first kappa shape index (κ1) is 17.8. The Morgan fingerprint density at radius 2 is 1.62 bits per heavy atom. The zero-order valence-corrected chi connectivity index (χ0v) is 14.5. The van der Waals surface area contributed by atoms with Gasteiger partial charge in [0.2, 0.25) is 5.76 Å². The van der Waals surface area contributed by atoms with Gasteiger partial charge in [0.1, 0.15) is 11.3 Å². The van der Waals surface area contributed by atoms with Gasteiger partial charge in [0.15, 0.2) is 0 Å². The maximum absolute atomic E-state index is 12.5. The molecular formula is C19H22O5. The van der Waals surface area contributed by atoms with Crippen LogP contribution >= 0.6 is 0 Å². The van der Waals surface area contributed by atoms with E-state index in [2.05, 4.69) is 0 Å². The van der Waals surface area contributed by atoms with Crippen molar-refractivity contribution in [1.29, 1.82) is 0 Å². The van der Waals surface area contributed by atoms with E-state index in [0.717, 1.165) is 17.5 Å². The highest BCUT2D eigenvalue weighted by atomic mass is 16.5. The first-order valence-corrected chi connectivity index (χ1v) is 8.10. The summed E-state index contributed by atoms with van der Waals surface area (Å²) >= 11 is 0. The molecule has 2 aromatic rings. The van der Waals surface area contributed by atoms with Gasteiger partial charge in [-0.2, -0.15) is 0 Å². The molecule has 0 bridgehead atoms. The van der Waals surface area contributed by atoms with Gasteiger partial charge in [-0.3, -0.25) is 0 Å². The number of aryl methyl sites for hydroxylation is 2. The lowest BCUT2D eigenvalue weighted by molar-refractivity contribution is 0.0451. The van der Waals surface area contributed by atoms with Crippen LogP contribution in [0.4, 0.5) is 0 Å². The third-order valence-electron chi connectivity index (χ3n) is 3.69. The van der Waals surface area contributed by atoms with E-state index in [1.807, 2.05) is 31.2 Å². The Hall–Kier alpha value is -2.56. The smallest absolute Gasteiger partial charge is 0.375 e. The second-order valence-electron chi connectivity index (χ2n) is 5.19. The van der Waals surface area contributed by atoms with Crippen LogP contribution in [0.25, 0.3) is 11.1 Å². The highest BCUT2D eigenvalue weighted by Crippen LogP contribution is 2.35. The van der Waals surface area contributed by atoms with Crippen molar-refractivity contribution < 1.29 is 23.5 Å². The average molecular weight is 330 g/mol. The maximum atomic E-state index is 12.5. The summed E-state index contributed by atoms with van der Waals surface area (Å²) in [4.78, 5) is 24.7. The van der Waals surface area contributed by atoms with E-state index in [1.54, 1.807) is 20.8 Å². The SMILES string of the molecule is CCOC(=O)c1oc(C)c(-c2ccccc2CC)c1C(=O)OCC. The first-order chi connectivity index (χ1) is 11.5. The van der Waals surface area contributed by atoms with Gasteiger partial charge in [0.25, 0.3) is 0 Å². The van der Waals surface area contributed by atoms with E-state index >= 15 is 0 Å². The number of benzene rings is 1. The molecule has 1 aromatic heterocycles. The molecule has 0 aliphatic heterocycles. The van der Waals surface area contributed by atoms with Crippen molar-refractivity contribution in [3.8, 4) is 11.1 Å². The summed E-state index contributed by atoms with van der Waals surface area (Å²) in [6, 6.07) is 7.73. The third-order valence-corrected chi connectivity index (χ3v) is 3.69. The number of carbonyl (C=O) groups is 2. The Labute approximate surface area is 141 Å². The third kappa shape index (κ3) is 3.35. The lowest BCUT2D eigenvalue weighted by atomic mass is 9.94. The minimum absolute atomic E-state index is 0.103. The topological polar surface area (TPSA) is 65.7 Å². The summed E-state index contributed by atoms with van der Waals surface area (Å²) in [5.41, 5.74) is 2.64. The molecule has 5 nitrogen and oxygen atoms in total. The number of rotatable bonds is 6. The van der Waals surface area contributed by atoms with E-state index in [9.17, 15) is 9.59 Å². The first-order valence-electron chi connectivity index (χ1n) is 8.10. The Bertz CT molecular complexity index is 742. The summed E-state index contributed by atoms with van der Waals surface area (Å²) < 4.78 is 15.8. The zero-order valence-electron chi connectivity index (χ0n) is 14.5. The summed E-state index contributed by atoms with van der Waals surface area (Å²) in [6.45, 7) is 7.58. The van der Waals surface area contributed by atoms with Gasteiger partial charge in [0.05, 0.1) is 13.2 Å². The fourth-order valence-corrected chi connectivity index (χ4v) is 2.68. The number of hydrogen-bond acceptors (Lipinski definition) is 5. The van der Waals surface area contributed by atoms with Gasteiger partial charge < -0.3 is 13.9 Å². The summed E-state index contributed by atoms with van der Waals surface area (Å²) in [5.74, 6) is -0.863. The quantitative estimate of drug-likeness (QED) is 0.744. The lowest BCUT2D eigenvalue weighted by Gasteiger charge is -2.09. The van der Waals surface area contributed by atoms with Crippen LogP contribution < -0.4 is 0 Å². The van der Waals surface area contributed by atoms with E-state index in [1.165, 1.54) is 0 Å². The molecule has 2 rings (SSSR count). The zero-order chi connectivity index (χ0) is 17.7. The molecule has 0 aliphatic carbocycles. The van der Waals surface area contributed by atoms with Crippen LogP contribution in [0.2, 0.25) is 0 Å². The maximum Gasteiger partial charge on any atom is 0.375 e. The molecule has 0 atom stereocenters. The van der Waals surface area contributed by atoms with Gasteiger partial charge >= 0.3 is 11.9 Å². The van der Waals surface area contributed by atoms with Crippen molar-refractivity contribution in [2.45, 2.75) is 34.1 Å². The van der Waals surface area contributed by atoms with Crippen LogP contribution in [0.3, 0.4) is 0 Å². The standard InChI is InChI=1S/C19H22O5/c1-5-13-10-8-9-11-14(13)15-12(4)24-17(19(21)23-7-3)16(15)18(20)22-6-2/h8-11H,5-7H2,1-4H3. The second-order valence-corrected chi connectivity index (χ2v) is 5.19. The van der Waals surface area contributed by atoms with E-state index < -0.39 is 11.9 Å². The number of carbonyl (C=O) groups excluding carboxylic acids is 2. The fourth-order valence-electron chi connectivity index (χ4n) is 2.68. The monoisotopic (exact) mass is 330 g/mol. The predicted molar refractivity (Wildman–Crippen MR) is 90.2 cm³/mol. The minimum atomic E-state index is -0.663. The highest BCUT2D eigenvalue weighted by Gasteiger charge is 2.31. The van der Waals surface area contributed by atoms with Crippen molar-refractivity contribution in [1.82, 2.24) is 0 Å². The van der Waals surface area contributed by atoms with Crippen molar-refractivity contribution >= 4 is 11.9 Å². The van der Waals surface area contributed by atoms with Crippen molar-refractivity contribution in [2.75, 3.05) is 13.2 Å². The molecule has 128 valence electrons. The summed E-state index contributed by atoms with van der Waals surface area (Å²) in [7, 11) is 0. The Morgan fingerprint density at radius 1 is 1.00 bits per heavy atom. The normalized spacial score (nSPS) is 10.5. The predicted octanol–water partition coefficient (Wildman–Crippen LogP) is 4.17. The Kier molecular flexibility index (Phi) is 5.79. The molecule has 0 unspecified atom stereocenters. The van der Waals surface area contributed by atoms with Crippen molar-refractivity contribution in [3.63, 3.8) is 0 Å². The van der Waals surface area contributed by atoms with Gasteiger partial charge in [-0.25, -0.2) is 9.59 Å². The van der Waals surface area contributed by atoms with Gasteiger partial charge in [-0.05, 0) is 38.3 Å². The molecule has 0 spiro atoms. The van der Waals surface area contributed by atoms with Crippen LogP contribution in [-0.2, 0) is 15.9 Å². The fraction of sp³-hybridized carbons (Fsp3) is 0.368. The number of ether oxygens (including phenoxy) is 2. The molecule has 5 heteroatoms. The van der Waals surface area contributed by atoms with E-state index in [0.29, 0.717) is 11.3 Å². The highest BCUT2D eigenvalue weighted by molar-refractivity contribution is 6.07. The number of esters is 2. The summed E-state index contributed by atoms with van der Waals surface area (Å²) in [5, 5.41) is 0. The number of furan rings is 1. The molecule has 0 aliphatic rings. The Balaban J connectivity index is 2.70. The molecule has 0 amide bonds. The molecule has 0 saturated carbocycles. The van der Waals surface area contributed by atoms with E-state index in [4.69, 9.17) is 13.9 Å². The molecule has 1 aromatic carbocycles. The average Bonchev–Trinajstić information content (AvgIpc) is 2.92. The second kappa shape index (κ2) is 7.81. The van der Waals surface area contributed by atoms with Gasteiger partial charge in [0, 0.05) is 5.56 Å². The van der Waals surface area contributed by atoms with Crippen LogP contribution in [0.1, 0.15) is 53.0 Å². The molecule has 0 saturated heterocycles. The lowest BCUT2D eigenvalue weighted by Crippen LogP contribution is -2.13. The van der Waals surface area contributed by atoms with Crippen molar-refractivity contribution in [3.05, 3.63) is 46.9 Å². The summed E-state index contributed by atoms with van der Waals surface area (Å²) in [6.07, 6.45) is 0.789. The molecule has 24 heavy (non-hydrogen) atoms. The van der Waals surface area contributed by atoms with Crippen LogP contribution in [0, 0.1) is 6.92 Å². The molecular weight excluding hydrogens is 308 g/mol. The molecule has 0 fully saturated rings. The molecule has 0 N–H and O–H groups in total. The van der Waals surface area contributed by atoms with Gasteiger partial charge in [-0.1, -0.05) is 31.2 Å². The minimum Gasteiger partial charge on any atom is -0.462 e. The number of hydrogen-bond donors (Lipinski definition) is 0. The Morgan fingerprint density at radius 3 is 2.25 bits per heavy atom. The largest absolute Gasteiger partial charge is 0.462 e. The van der Waals surface area contributed by atoms with Crippen LogP contribution in [0.15, 0.2) is 28.7 Å². The van der Waals surface area contributed by atoms with E-state index in [-0.39, 0.29) is 24.5 Å². The van der Waals surface area contributed by atoms with Crippen LogP contribution in [-0.4, -0.2) is 25.2 Å².